The van der Waals surface area contributed by atoms with Crippen LogP contribution in [0.4, 0.5) is 0 Å². The number of ketones is 1. The zero-order valence-corrected chi connectivity index (χ0v) is 14.5. The van der Waals surface area contributed by atoms with Gasteiger partial charge in [0.2, 0.25) is 5.90 Å². The van der Waals surface area contributed by atoms with E-state index in [1.165, 1.54) is 6.92 Å². The molecule has 1 aromatic heterocycles. The molecule has 2 aromatic rings. The lowest BCUT2D eigenvalue weighted by atomic mass is 10.1. The molecule has 0 unspecified atom stereocenters. The Balaban J connectivity index is 1.32. The van der Waals surface area contributed by atoms with Gasteiger partial charge in [-0.15, -0.1) is 0 Å². The Bertz CT molecular complexity index is 730. The van der Waals surface area contributed by atoms with Crippen molar-refractivity contribution in [2.45, 2.75) is 32.6 Å². The Kier molecular flexibility index (Phi) is 5.88. The van der Waals surface area contributed by atoms with E-state index in [4.69, 9.17) is 13.9 Å². The van der Waals surface area contributed by atoms with Crippen LogP contribution in [0.15, 0.2) is 45.8 Å². The average molecular weight is 341 g/mol. The van der Waals surface area contributed by atoms with E-state index in [0.29, 0.717) is 19.0 Å². The number of carbonyl (C=O) groups is 1. The van der Waals surface area contributed by atoms with Crippen LogP contribution in [0.3, 0.4) is 0 Å². The molecule has 25 heavy (non-hydrogen) atoms. The third-order valence-corrected chi connectivity index (χ3v) is 4.03. The second-order valence-corrected chi connectivity index (χ2v) is 6.04. The van der Waals surface area contributed by atoms with E-state index in [2.05, 4.69) is 4.99 Å². The molecule has 132 valence electrons. The van der Waals surface area contributed by atoms with E-state index in [-0.39, 0.29) is 5.78 Å². The maximum absolute atomic E-state index is 11.2. The lowest BCUT2D eigenvalue weighted by Crippen LogP contribution is -2.02. The molecule has 0 amide bonds. The summed E-state index contributed by atoms with van der Waals surface area (Å²) >= 11 is 0. The Labute approximate surface area is 147 Å². The molecule has 0 N–H and O–H groups in total. The molecule has 0 atom stereocenters. The summed E-state index contributed by atoms with van der Waals surface area (Å²) < 4.78 is 16.7. The molecule has 0 bridgehead atoms. The molecule has 0 fully saturated rings. The number of unbranched alkanes of at least 4 members (excludes halogenated alkanes) is 2. The average Bonchev–Trinajstić information content (AvgIpc) is 3.30. The number of rotatable bonds is 9. The number of carbonyl (C=O) groups excluding carboxylic acids is 1. The largest absolute Gasteiger partial charge is 0.494 e. The normalized spacial score (nSPS) is 13.4. The lowest BCUT2D eigenvalue weighted by Gasteiger charge is -2.07. The van der Waals surface area contributed by atoms with Crippen LogP contribution in [-0.2, 0) is 11.2 Å². The summed E-state index contributed by atoms with van der Waals surface area (Å²) in [6, 6.07) is 11.5. The predicted molar refractivity (Wildman–Crippen MR) is 95.6 cm³/mol. The number of ether oxygens (including phenoxy) is 2. The number of hydrogen-bond acceptors (Lipinski definition) is 5. The number of Topliss-reactive ketones (excluding diaryl/α,β-unsaturated/α-hetero) is 1. The van der Waals surface area contributed by atoms with Crippen molar-refractivity contribution in [2.24, 2.45) is 4.99 Å². The SMILES string of the molecule is CC(=O)c1ccc(CCCCCOc2ccc(C3=NCCO3)cc2)o1. The maximum atomic E-state index is 11.2. The van der Waals surface area contributed by atoms with Gasteiger partial charge >= 0.3 is 0 Å². The van der Waals surface area contributed by atoms with Gasteiger partial charge in [0, 0.05) is 18.9 Å². The third kappa shape index (κ3) is 4.95. The van der Waals surface area contributed by atoms with E-state index >= 15 is 0 Å². The minimum atomic E-state index is -0.0303. The molecule has 5 heteroatoms. The fourth-order valence-corrected chi connectivity index (χ4v) is 2.67. The van der Waals surface area contributed by atoms with Gasteiger partial charge in [-0.1, -0.05) is 0 Å². The summed E-state index contributed by atoms with van der Waals surface area (Å²) in [4.78, 5) is 15.5. The van der Waals surface area contributed by atoms with Crippen LogP contribution >= 0.6 is 0 Å². The molecule has 1 aliphatic heterocycles. The van der Waals surface area contributed by atoms with Gasteiger partial charge in [-0.25, -0.2) is 4.99 Å². The van der Waals surface area contributed by atoms with Crippen LogP contribution in [-0.4, -0.2) is 31.4 Å². The van der Waals surface area contributed by atoms with Crippen LogP contribution in [0.5, 0.6) is 5.75 Å². The Hall–Kier alpha value is -2.56. The number of hydrogen-bond donors (Lipinski definition) is 0. The molecule has 1 aromatic carbocycles. The van der Waals surface area contributed by atoms with Gasteiger partial charge in [0.25, 0.3) is 0 Å². The summed E-state index contributed by atoms with van der Waals surface area (Å²) in [6.07, 6.45) is 3.91. The summed E-state index contributed by atoms with van der Waals surface area (Å²) in [5.41, 5.74) is 0.994. The first kappa shape index (κ1) is 17.3. The van der Waals surface area contributed by atoms with Crippen molar-refractivity contribution in [1.82, 2.24) is 0 Å². The number of nitrogens with zero attached hydrogens (tertiary/aromatic N) is 1. The molecular weight excluding hydrogens is 318 g/mol. The molecule has 1 aliphatic rings. The third-order valence-electron chi connectivity index (χ3n) is 4.03. The van der Waals surface area contributed by atoms with Crippen LogP contribution in [0.2, 0.25) is 0 Å². The van der Waals surface area contributed by atoms with Gasteiger partial charge in [-0.3, -0.25) is 4.79 Å². The quantitative estimate of drug-likeness (QED) is 0.510. The molecular formula is C20H23NO4. The summed E-state index contributed by atoms with van der Waals surface area (Å²) in [5.74, 6) is 2.86. The van der Waals surface area contributed by atoms with Gasteiger partial charge in [-0.05, 0) is 55.7 Å². The first-order valence-electron chi connectivity index (χ1n) is 8.72. The van der Waals surface area contributed by atoms with Gasteiger partial charge in [0.1, 0.15) is 18.1 Å². The number of aryl methyl sites for hydroxylation is 1. The summed E-state index contributed by atoms with van der Waals surface area (Å²) in [5, 5.41) is 0. The number of furan rings is 1. The lowest BCUT2D eigenvalue weighted by molar-refractivity contribution is 0.0985. The van der Waals surface area contributed by atoms with E-state index in [9.17, 15) is 4.79 Å². The zero-order chi connectivity index (χ0) is 17.5. The Morgan fingerprint density at radius 2 is 1.96 bits per heavy atom. The highest BCUT2D eigenvalue weighted by molar-refractivity contribution is 5.95. The molecule has 0 radical (unpaired) electrons. The molecule has 0 saturated carbocycles. The molecule has 0 spiro atoms. The van der Waals surface area contributed by atoms with E-state index in [1.54, 1.807) is 6.07 Å². The first-order valence-corrected chi connectivity index (χ1v) is 8.72. The van der Waals surface area contributed by atoms with E-state index in [1.807, 2.05) is 30.3 Å². The summed E-state index contributed by atoms with van der Waals surface area (Å²) in [6.45, 7) is 3.61. The van der Waals surface area contributed by atoms with Crippen molar-refractivity contribution < 1.29 is 18.7 Å². The predicted octanol–water partition coefficient (Wildman–Crippen LogP) is 4.05. The number of benzene rings is 1. The highest BCUT2D eigenvalue weighted by atomic mass is 16.5. The van der Waals surface area contributed by atoms with Crippen molar-refractivity contribution in [3.8, 4) is 5.75 Å². The van der Waals surface area contributed by atoms with Gasteiger partial charge in [0.05, 0.1) is 13.2 Å². The molecule has 3 rings (SSSR count). The van der Waals surface area contributed by atoms with Gasteiger partial charge in [0.15, 0.2) is 11.5 Å². The van der Waals surface area contributed by atoms with Crippen molar-refractivity contribution in [1.29, 1.82) is 0 Å². The van der Waals surface area contributed by atoms with Crippen LogP contribution in [0.1, 0.15) is 48.1 Å². The van der Waals surface area contributed by atoms with E-state index < -0.39 is 0 Å². The Morgan fingerprint density at radius 1 is 1.12 bits per heavy atom. The molecule has 2 heterocycles. The molecule has 5 nitrogen and oxygen atoms in total. The van der Waals surface area contributed by atoms with Gasteiger partial charge < -0.3 is 13.9 Å². The Morgan fingerprint density at radius 3 is 2.64 bits per heavy atom. The standard InChI is InChI=1S/C20H23NO4/c1-15(22)19-11-10-18(25-19)5-3-2-4-13-23-17-8-6-16(7-9-17)20-21-12-14-24-20/h6-11H,2-5,12-14H2,1H3. The van der Waals surface area contributed by atoms with Gasteiger partial charge in [-0.2, -0.15) is 0 Å². The topological polar surface area (TPSA) is 61.0 Å². The van der Waals surface area contributed by atoms with Crippen molar-refractivity contribution >= 4 is 11.7 Å². The van der Waals surface area contributed by atoms with Crippen LogP contribution < -0.4 is 4.74 Å². The minimum absolute atomic E-state index is 0.0303. The summed E-state index contributed by atoms with van der Waals surface area (Å²) in [7, 11) is 0. The van der Waals surface area contributed by atoms with Crippen molar-refractivity contribution in [3.63, 3.8) is 0 Å². The van der Waals surface area contributed by atoms with Crippen LogP contribution in [0.25, 0.3) is 0 Å². The second-order valence-electron chi connectivity index (χ2n) is 6.04. The van der Waals surface area contributed by atoms with Crippen LogP contribution in [0, 0.1) is 0 Å². The number of aliphatic imine (C=N–C) groups is 1. The fraction of sp³-hybridized carbons (Fsp3) is 0.400. The highest BCUT2D eigenvalue weighted by Gasteiger charge is 2.10. The molecule has 0 saturated heterocycles. The molecule has 0 aliphatic carbocycles. The smallest absolute Gasteiger partial charge is 0.216 e. The second kappa shape index (κ2) is 8.51. The first-order chi connectivity index (χ1) is 12.2. The fourth-order valence-electron chi connectivity index (χ4n) is 2.67. The monoisotopic (exact) mass is 341 g/mol. The van der Waals surface area contributed by atoms with E-state index in [0.717, 1.165) is 55.2 Å². The minimum Gasteiger partial charge on any atom is -0.494 e. The zero-order valence-electron chi connectivity index (χ0n) is 14.5. The highest BCUT2D eigenvalue weighted by Crippen LogP contribution is 2.16. The maximum Gasteiger partial charge on any atom is 0.216 e. The van der Waals surface area contributed by atoms with Crippen molar-refractivity contribution in [2.75, 3.05) is 19.8 Å². The van der Waals surface area contributed by atoms with Crippen molar-refractivity contribution in [3.05, 3.63) is 53.5 Å².